The number of hydrogen-bond donors (Lipinski definition) is 3. The second kappa shape index (κ2) is 11.5. The summed E-state index contributed by atoms with van der Waals surface area (Å²) in [6.07, 6.45) is 0. The van der Waals surface area contributed by atoms with Gasteiger partial charge in [-0.15, -0.1) is 5.11 Å². The first-order chi connectivity index (χ1) is 19.4. The lowest BCUT2D eigenvalue weighted by Gasteiger charge is -2.14. The molecule has 8 nitrogen and oxygen atoms in total. The van der Waals surface area contributed by atoms with E-state index in [1.807, 2.05) is 49.4 Å². The van der Waals surface area contributed by atoms with Crippen LogP contribution in [0.15, 0.2) is 113 Å². The normalized spacial score (nSPS) is 10.9. The zero-order valence-electron chi connectivity index (χ0n) is 21.9. The Bertz CT molecular complexity index is 1740. The lowest BCUT2D eigenvalue weighted by molar-refractivity contribution is 0.101. The van der Waals surface area contributed by atoms with E-state index in [-0.39, 0.29) is 22.9 Å². The smallest absolute Gasteiger partial charge is 0.259 e. The number of phenols is 1. The van der Waals surface area contributed by atoms with E-state index in [0.29, 0.717) is 39.3 Å². The van der Waals surface area contributed by atoms with Gasteiger partial charge in [0.05, 0.1) is 24.0 Å². The summed E-state index contributed by atoms with van der Waals surface area (Å²) in [5, 5.41) is 26.9. The van der Waals surface area contributed by atoms with Crippen molar-refractivity contribution in [2.24, 2.45) is 10.2 Å². The molecule has 0 saturated heterocycles. The van der Waals surface area contributed by atoms with Crippen molar-refractivity contribution in [1.29, 1.82) is 0 Å². The predicted molar refractivity (Wildman–Crippen MR) is 156 cm³/mol. The molecule has 0 aliphatic carbocycles. The van der Waals surface area contributed by atoms with Gasteiger partial charge in [0.25, 0.3) is 11.8 Å². The summed E-state index contributed by atoms with van der Waals surface area (Å²) >= 11 is 0. The molecule has 0 radical (unpaired) electrons. The summed E-state index contributed by atoms with van der Waals surface area (Å²) in [5.41, 5.74) is 3.02. The van der Waals surface area contributed by atoms with Crippen molar-refractivity contribution in [1.82, 2.24) is 0 Å². The largest absolute Gasteiger partial charge is 0.505 e. The molecule has 2 amide bonds. The maximum absolute atomic E-state index is 13.1. The topological polar surface area (TPSA) is 112 Å². The second-order valence-electron chi connectivity index (χ2n) is 9.02. The van der Waals surface area contributed by atoms with Crippen molar-refractivity contribution in [2.45, 2.75) is 6.92 Å². The van der Waals surface area contributed by atoms with Gasteiger partial charge in [-0.3, -0.25) is 9.59 Å². The number of methoxy groups -OCH3 is 1. The number of aryl methyl sites for hydroxylation is 1. The van der Waals surface area contributed by atoms with E-state index in [0.717, 1.165) is 5.39 Å². The highest BCUT2D eigenvalue weighted by atomic mass is 16.5. The van der Waals surface area contributed by atoms with E-state index in [4.69, 9.17) is 4.74 Å². The van der Waals surface area contributed by atoms with Crippen molar-refractivity contribution < 1.29 is 19.4 Å². The Morgan fingerprint density at radius 3 is 2.17 bits per heavy atom. The monoisotopic (exact) mass is 530 g/mol. The third kappa shape index (κ3) is 5.51. The molecule has 5 aromatic carbocycles. The van der Waals surface area contributed by atoms with Crippen LogP contribution in [0.1, 0.15) is 26.3 Å². The number of fused-ring (bicyclic) bond motifs is 1. The van der Waals surface area contributed by atoms with Crippen LogP contribution in [0.3, 0.4) is 0 Å². The highest BCUT2D eigenvalue weighted by Gasteiger charge is 2.19. The van der Waals surface area contributed by atoms with E-state index in [1.165, 1.54) is 7.11 Å². The molecule has 0 bridgehead atoms. The molecule has 5 aromatic rings. The van der Waals surface area contributed by atoms with Crippen LogP contribution in [0.5, 0.6) is 11.5 Å². The Balaban J connectivity index is 1.49. The lowest BCUT2D eigenvalue weighted by atomic mass is 10.0. The fraction of sp³-hybridized carbons (Fsp3) is 0.0625. The number of nitrogens with zero attached hydrogens (tertiary/aromatic N) is 2. The molecule has 0 saturated carbocycles. The van der Waals surface area contributed by atoms with E-state index in [9.17, 15) is 14.7 Å². The van der Waals surface area contributed by atoms with Crippen LogP contribution < -0.4 is 15.4 Å². The molecule has 0 aromatic heterocycles. The molecule has 0 fully saturated rings. The molecule has 0 heterocycles. The first-order valence-electron chi connectivity index (χ1n) is 12.5. The summed E-state index contributed by atoms with van der Waals surface area (Å²) in [7, 11) is 1.50. The molecule has 198 valence electrons. The zero-order chi connectivity index (χ0) is 28.1. The van der Waals surface area contributed by atoms with Crippen molar-refractivity contribution in [3.63, 3.8) is 0 Å². The zero-order valence-corrected chi connectivity index (χ0v) is 21.9. The molecular formula is C32H26N4O4. The maximum atomic E-state index is 13.1. The average molecular weight is 531 g/mol. The number of carbonyl (C=O) groups is 2. The van der Waals surface area contributed by atoms with Gasteiger partial charge in [0.15, 0.2) is 5.75 Å². The van der Waals surface area contributed by atoms with Gasteiger partial charge < -0.3 is 20.5 Å². The number of anilines is 2. The van der Waals surface area contributed by atoms with Crippen molar-refractivity contribution in [3.8, 4) is 11.5 Å². The quantitative estimate of drug-likeness (QED) is 0.186. The molecule has 0 aliphatic rings. The van der Waals surface area contributed by atoms with Crippen LogP contribution in [0.25, 0.3) is 10.8 Å². The van der Waals surface area contributed by atoms with Gasteiger partial charge >= 0.3 is 0 Å². The number of phenolic OH excluding ortho intramolecular Hbond substituents is 1. The van der Waals surface area contributed by atoms with Gasteiger partial charge in [-0.05, 0) is 54.3 Å². The molecule has 0 spiro atoms. The van der Waals surface area contributed by atoms with Gasteiger partial charge in [-0.2, -0.15) is 5.11 Å². The third-order valence-electron chi connectivity index (χ3n) is 6.32. The predicted octanol–water partition coefficient (Wildman–Crippen LogP) is 7.78. The highest BCUT2D eigenvalue weighted by Crippen LogP contribution is 2.40. The first-order valence-corrected chi connectivity index (χ1v) is 12.5. The molecule has 0 atom stereocenters. The van der Waals surface area contributed by atoms with Gasteiger partial charge in [0.1, 0.15) is 11.4 Å². The molecule has 5 rings (SSSR count). The van der Waals surface area contributed by atoms with E-state index >= 15 is 0 Å². The maximum Gasteiger partial charge on any atom is 0.259 e. The minimum Gasteiger partial charge on any atom is -0.505 e. The number of amides is 2. The number of rotatable bonds is 7. The molecule has 3 N–H and O–H groups in total. The molecular weight excluding hydrogens is 504 g/mol. The molecule has 0 aliphatic heterocycles. The van der Waals surface area contributed by atoms with Crippen molar-refractivity contribution in [3.05, 3.63) is 120 Å². The van der Waals surface area contributed by atoms with Crippen LogP contribution in [0.2, 0.25) is 0 Å². The number of benzene rings is 5. The fourth-order valence-electron chi connectivity index (χ4n) is 4.31. The SMILES string of the molecule is COc1cc(N=Nc2c(O)c(C(=O)Nc3ccccc3)cc3ccccc23)cc(C)c1NC(=O)c1ccccc1. The average Bonchev–Trinajstić information content (AvgIpc) is 2.98. The number of hydrogen-bond acceptors (Lipinski definition) is 6. The summed E-state index contributed by atoms with van der Waals surface area (Å²) in [4.78, 5) is 25.8. The Morgan fingerprint density at radius 1 is 0.775 bits per heavy atom. The summed E-state index contributed by atoms with van der Waals surface area (Å²) in [6.45, 7) is 1.82. The number of aromatic hydroxyl groups is 1. The summed E-state index contributed by atoms with van der Waals surface area (Å²) in [6, 6.07) is 30.2. The fourth-order valence-corrected chi connectivity index (χ4v) is 4.31. The summed E-state index contributed by atoms with van der Waals surface area (Å²) in [5.74, 6) is -0.616. The Kier molecular flexibility index (Phi) is 7.50. The van der Waals surface area contributed by atoms with Gasteiger partial charge in [0, 0.05) is 22.7 Å². The number of ether oxygens (including phenoxy) is 1. The number of carbonyl (C=O) groups excluding carboxylic acids is 2. The highest BCUT2D eigenvalue weighted by molar-refractivity contribution is 6.11. The standard InChI is InChI=1S/C32H26N4O4/c1-20-17-24(19-27(40-2)28(20)34-31(38)21-11-5-3-6-12-21)35-36-29-25-16-10-9-13-22(25)18-26(30(29)37)32(39)33-23-14-7-4-8-15-23/h3-19,37H,1-2H3,(H,33,39)(H,34,38). The van der Waals surface area contributed by atoms with E-state index < -0.39 is 5.91 Å². The van der Waals surface area contributed by atoms with E-state index in [1.54, 1.807) is 60.7 Å². The first kappa shape index (κ1) is 26.1. The molecule has 0 unspecified atom stereocenters. The van der Waals surface area contributed by atoms with Crippen LogP contribution in [-0.2, 0) is 0 Å². The van der Waals surface area contributed by atoms with Crippen LogP contribution >= 0.6 is 0 Å². The van der Waals surface area contributed by atoms with Gasteiger partial charge in [-0.1, -0.05) is 60.7 Å². The Morgan fingerprint density at radius 2 is 1.45 bits per heavy atom. The molecule has 40 heavy (non-hydrogen) atoms. The van der Waals surface area contributed by atoms with Gasteiger partial charge in [0.2, 0.25) is 0 Å². The minimum absolute atomic E-state index is 0.0734. The Labute approximate surface area is 231 Å². The number of azo groups is 1. The van der Waals surface area contributed by atoms with Crippen molar-refractivity contribution >= 4 is 45.3 Å². The van der Waals surface area contributed by atoms with Crippen LogP contribution in [0.4, 0.5) is 22.7 Å². The van der Waals surface area contributed by atoms with Crippen LogP contribution in [-0.4, -0.2) is 24.0 Å². The lowest BCUT2D eigenvalue weighted by Crippen LogP contribution is -2.13. The van der Waals surface area contributed by atoms with Gasteiger partial charge in [-0.25, -0.2) is 0 Å². The van der Waals surface area contributed by atoms with E-state index in [2.05, 4.69) is 20.9 Å². The second-order valence-corrected chi connectivity index (χ2v) is 9.02. The Hall–Kier alpha value is -5.50. The number of para-hydroxylation sites is 1. The summed E-state index contributed by atoms with van der Waals surface area (Å²) < 4.78 is 5.54. The van der Waals surface area contributed by atoms with Crippen LogP contribution in [0, 0.1) is 6.92 Å². The minimum atomic E-state index is -0.470. The molecule has 8 heteroatoms. The van der Waals surface area contributed by atoms with Crippen molar-refractivity contribution in [2.75, 3.05) is 17.7 Å². The number of nitrogens with one attached hydrogen (secondary N) is 2. The third-order valence-corrected chi connectivity index (χ3v) is 6.32.